The molecule has 5 rings (SSSR count). The lowest BCUT2D eigenvalue weighted by Crippen LogP contribution is -2.25. The summed E-state index contributed by atoms with van der Waals surface area (Å²) in [7, 11) is 1.28. The van der Waals surface area contributed by atoms with Gasteiger partial charge in [-0.3, -0.25) is 4.79 Å². The zero-order valence-corrected chi connectivity index (χ0v) is 21.2. The molecule has 0 bridgehead atoms. The van der Waals surface area contributed by atoms with Crippen molar-refractivity contribution >= 4 is 57.3 Å². The molecular formula is C27H19Cl2N3O5. The van der Waals surface area contributed by atoms with E-state index in [2.05, 4.69) is 14.8 Å². The van der Waals surface area contributed by atoms with Crippen LogP contribution in [0.15, 0.2) is 81.0 Å². The highest BCUT2D eigenvalue weighted by Gasteiger charge is 2.18. The van der Waals surface area contributed by atoms with Crippen molar-refractivity contribution < 1.29 is 18.7 Å². The normalized spacial score (nSPS) is 12.3. The maximum Gasteiger partial charge on any atom is 0.346 e. The lowest BCUT2D eigenvalue weighted by atomic mass is 10.2. The molecule has 10 heteroatoms. The van der Waals surface area contributed by atoms with E-state index in [1.807, 2.05) is 0 Å². The number of nitrogens with zero attached hydrogens (tertiary/aromatic N) is 3. The fourth-order valence-corrected chi connectivity index (χ4v) is 4.15. The van der Waals surface area contributed by atoms with Crippen LogP contribution in [0.2, 0.25) is 10.0 Å². The van der Waals surface area contributed by atoms with Gasteiger partial charge in [-0.25, -0.2) is 9.78 Å². The Balaban J connectivity index is 1.56. The topological polar surface area (TPSA) is 95.9 Å². The Hall–Kier alpha value is -4.14. The number of carbonyl (C=O) groups is 1. The molecule has 0 aliphatic rings. The number of ether oxygens (including phenoxy) is 2. The molecule has 2 heterocycles. The second-order valence-electron chi connectivity index (χ2n) is 8.08. The van der Waals surface area contributed by atoms with Crippen molar-refractivity contribution in [1.29, 1.82) is 0 Å². The summed E-state index contributed by atoms with van der Waals surface area (Å²) in [5.41, 5.74) is 1.33. The minimum atomic E-state index is -0.828. The molecule has 0 radical (unpaired) electrons. The third kappa shape index (κ3) is 4.94. The van der Waals surface area contributed by atoms with E-state index in [9.17, 15) is 9.59 Å². The fraction of sp³-hybridized carbons (Fsp3) is 0.111. The van der Waals surface area contributed by atoms with Gasteiger partial charge in [-0.15, -0.1) is 0 Å². The van der Waals surface area contributed by atoms with Crippen molar-refractivity contribution in [3.05, 3.63) is 92.7 Å². The number of esters is 1. The molecule has 8 nitrogen and oxygen atoms in total. The van der Waals surface area contributed by atoms with Gasteiger partial charge in [-0.05, 0) is 67.1 Å². The number of hydrogen-bond acceptors (Lipinski definition) is 7. The number of benzene rings is 3. The van der Waals surface area contributed by atoms with E-state index >= 15 is 0 Å². The van der Waals surface area contributed by atoms with Crippen molar-refractivity contribution in [2.45, 2.75) is 13.0 Å². The maximum absolute atomic E-state index is 13.4. The molecule has 0 aliphatic carbocycles. The van der Waals surface area contributed by atoms with Crippen molar-refractivity contribution in [3.8, 4) is 17.3 Å². The van der Waals surface area contributed by atoms with Gasteiger partial charge < -0.3 is 13.9 Å². The molecular weight excluding hydrogens is 517 g/mol. The predicted molar refractivity (Wildman–Crippen MR) is 143 cm³/mol. The second-order valence-corrected chi connectivity index (χ2v) is 8.92. The van der Waals surface area contributed by atoms with E-state index in [4.69, 9.17) is 32.4 Å². The smallest absolute Gasteiger partial charge is 0.346 e. The number of hydrogen-bond donors (Lipinski definition) is 0. The Morgan fingerprint density at radius 1 is 1.11 bits per heavy atom. The first-order chi connectivity index (χ1) is 17.8. The average molecular weight is 536 g/mol. The molecule has 1 atom stereocenters. The quantitative estimate of drug-likeness (QED) is 0.197. The number of halogens is 2. The molecule has 0 aliphatic heterocycles. The van der Waals surface area contributed by atoms with Crippen LogP contribution in [-0.2, 0) is 9.53 Å². The van der Waals surface area contributed by atoms with E-state index < -0.39 is 12.1 Å². The Morgan fingerprint density at radius 2 is 1.92 bits per heavy atom. The van der Waals surface area contributed by atoms with Gasteiger partial charge in [0.2, 0.25) is 5.82 Å². The van der Waals surface area contributed by atoms with Gasteiger partial charge >= 0.3 is 5.97 Å². The minimum absolute atomic E-state index is 0.227. The number of aromatic nitrogens is 2. The van der Waals surface area contributed by atoms with Crippen LogP contribution in [0.3, 0.4) is 0 Å². The van der Waals surface area contributed by atoms with Crippen molar-refractivity contribution in [2.75, 3.05) is 7.11 Å². The monoisotopic (exact) mass is 535 g/mol. The van der Waals surface area contributed by atoms with Crippen LogP contribution in [-0.4, -0.2) is 35.1 Å². The number of rotatable bonds is 6. The van der Waals surface area contributed by atoms with Crippen LogP contribution in [0.25, 0.3) is 33.5 Å². The average Bonchev–Trinajstić information content (AvgIpc) is 3.32. The highest BCUT2D eigenvalue weighted by molar-refractivity contribution is 6.32. The van der Waals surface area contributed by atoms with E-state index in [1.165, 1.54) is 18.0 Å². The molecule has 3 aromatic carbocycles. The summed E-state index contributed by atoms with van der Waals surface area (Å²) in [4.78, 5) is 29.7. The van der Waals surface area contributed by atoms with Gasteiger partial charge in [-0.2, -0.15) is 9.78 Å². The van der Waals surface area contributed by atoms with E-state index in [0.717, 1.165) is 5.39 Å². The predicted octanol–water partition coefficient (Wildman–Crippen LogP) is 5.94. The second kappa shape index (κ2) is 10.1. The lowest BCUT2D eigenvalue weighted by molar-refractivity contribution is -0.147. The summed E-state index contributed by atoms with van der Waals surface area (Å²) in [5.74, 6) is 0.370. The molecule has 186 valence electrons. The third-order valence-corrected chi connectivity index (χ3v) is 6.10. The van der Waals surface area contributed by atoms with Gasteiger partial charge in [-0.1, -0.05) is 35.3 Å². The Morgan fingerprint density at radius 3 is 2.70 bits per heavy atom. The largest absolute Gasteiger partial charge is 0.477 e. The fourth-order valence-electron chi connectivity index (χ4n) is 3.74. The van der Waals surface area contributed by atoms with E-state index in [0.29, 0.717) is 38.6 Å². The number of fused-ring (bicyclic) bond motifs is 2. The van der Waals surface area contributed by atoms with Crippen LogP contribution in [0.5, 0.6) is 5.75 Å². The molecule has 0 unspecified atom stereocenters. The van der Waals surface area contributed by atoms with Crippen molar-refractivity contribution in [1.82, 2.24) is 9.66 Å². The number of methoxy groups -OCH3 is 1. The Labute approximate surface area is 220 Å². The third-order valence-electron chi connectivity index (χ3n) is 5.57. The summed E-state index contributed by atoms with van der Waals surface area (Å²) >= 11 is 12.5. The Bertz CT molecular complexity index is 1740. The molecule has 0 saturated carbocycles. The van der Waals surface area contributed by atoms with E-state index in [-0.39, 0.29) is 16.4 Å². The highest BCUT2D eigenvalue weighted by atomic mass is 35.5. The SMILES string of the molecule is COC(=O)[C@@H](C)Oc1ccc(C=Nn2c(-c3cc4cc(Cl)ccc4o3)nc3ccccc3c2=O)cc1Cl. The van der Waals surface area contributed by atoms with Gasteiger partial charge in [0.25, 0.3) is 5.56 Å². The highest BCUT2D eigenvalue weighted by Crippen LogP contribution is 2.29. The summed E-state index contributed by atoms with van der Waals surface area (Å²) in [5, 5.41) is 6.42. The van der Waals surface area contributed by atoms with Gasteiger partial charge in [0.15, 0.2) is 11.9 Å². The molecule has 5 aromatic rings. The van der Waals surface area contributed by atoms with Crippen LogP contribution in [0.1, 0.15) is 12.5 Å². The van der Waals surface area contributed by atoms with Gasteiger partial charge in [0.05, 0.1) is 29.2 Å². The first-order valence-electron chi connectivity index (χ1n) is 11.1. The standard InChI is InChI=1S/C27H19Cl2N3O5/c1-15(27(34)35-2)36-23-9-7-16(11-20(23)29)14-30-32-25(31-21-6-4-3-5-19(21)26(32)33)24-13-17-12-18(28)8-10-22(17)37-24/h3-15H,1-2H3/t15-/m1/s1. The number of para-hydroxylation sites is 1. The van der Waals surface area contributed by atoms with Gasteiger partial charge in [0, 0.05) is 10.4 Å². The molecule has 0 fully saturated rings. The first kappa shape index (κ1) is 24.5. The van der Waals surface area contributed by atoms with Crippen LogP contribution >= 0.6 is 23.2 Å². The summed E-state index contributed by atoms with van der Waals surface area (Å²) < 4.78 is 17.4. The molecule has 2 aromatic heterocycles. The van der Waals surface area contributed by atoms with Crippen LogP contribution < -0.4 is 10.3 Å². The van der Waals surface area contributed by atoms with Crippen molar-refractivity contribution in [2.24, 2.45) is 5.10 Å². The summed E-state index contributed by atoms with van der Waals surface area (Å²) in [6.45, 7) is 1.56. The van der Waals surface area contributed by atoms with Crippen LogP contribution in [0, 0.1) is 0 Å². The van der Waals surface area contributed by atoms with Crippen LogP contribution in [0.4, 0.5) is 0 Å². The molecule has 0 amide bonds. The number of carbonyl (C=O) groups excluding carboxylic acids is 1. The molecule has 0 spiro atoms. The Kier molecular flexibility index (Phi) is 6.69. The van der Waals surface area contributed by atoms with Crippen molar-refractivity contribution in [3.63, 3.8) is 0 Å². The lowest BCUT2D eigenvalue weighted by Gasteiger charge is -2.13. The zero-order valence-electron chi connectivity index (χ0n) is 19.6. The van der Waals surface area contributed by atoms with Gasteiger partial charge in [0.1, 0.15) is 11.3 Å². The summed E-state index contributed by atoms with van der Waals surface area (Å²) in [6, 6.07) is 18.9. The maximum atomic E-state index is 13.4. The molecule has 0 N–H and O–H groups in total. The molecule has 37 heavy (non-hydrogen) atoms. The minimum Gasteiger partial charge on any atom is -0.477 e. The molecule has 0 saturated heterocycles. The summed E-state index contributed by atoms with van der Waals surface area (Å²) in [6.07, 6.45) is 0.644. The number of furan rings is 1. The zero-order chi connectivity index (χ0) is 26.1. The van der Waals surface area contributed by atoms with E-state index in [1.54, 1.807) is 73.7 Å². The first-order valence-corrected chi connectivity index (χ1v) is 11.9.